The fourth-order valence-corrected chi connectivity index (χ4v) is 2.67. The van der Waals surface area contributed by atoms with Crippen LogP contribution in [0.3, 0.4) is 0 Å². The molecule has 19 heavy (non-hydrogen) atoms. The second-order valence-corrected chi connectivity index (χ2v) is 5.29. The predicted octanol–water partition coefficient (Wildman–Crippen LogP) is 3.80. The molecule has 0 aliphatic heterocycles. The molecule has 0 unspecified atom stereocenters. The SMILES string of the molecule is Cc1cc(-c2nc(C3CCCCC3)no2)ccc1O. The summed E-state index contributed by atoms with van der Waals surface area (Å²) in [5, 5.41) is 13.7. The molecule has 1 saturated carbocycles. The van der Waals surface area contributed by atoms with Crippen molar-refractivity contribution in [2.24, 2.45) is 0 Å². The number of aromatic nitrogens is 2. The van der Waals surface area contributed by atoms with Crippen LogP contribution in [0.15, 0.2) is 22.7 Å². The van der Waals surface area contributed by atoms with Gasteiger partial charge in [0.05, 0.1) is 0 Å². The number of aromatic hydroxyl groups is 1. The van der Waals surface area contributed by atoms with Crippen molar-refractivity contribution >= 4 is 0 Å². The van der Waals surface area contributed by atoms with Crippen molar-refractivity contribution in [2.75, 3.05) is 0 Å². The van der Waals surface area contributed by atoms with Gasteiger partial charge in [0.25, 0.3) is 5.89 Å². The number of rotatable bonds is 2. The molecule has 4 nitrogen and oxygen atoms in total. The highest BCUT2D eigenvalue weighted by Gasteiger charge is 2.21. The van der Waals surface area contributed by atoms with Crippen LogP contribution in [0.25, 0.3) is 11.5 Å². The van der Waals surface area contributed by atoms with E-state index in [2.05, 4.69) is 10.1 Å². The molecule has 1 heterocycles. The summed E-state index contributed by atoms with van der Waals surface area (Å²) in [5.41, 5.74) is 1.68. The van der Waals surface area contributed by atoms with Gasteiger partial charge in [-0.15, -0.1) is 0 Å². The molecule has 1 aliphatic rings. The third-order valence-electron chi connectivity index (χ3n) is 3.86. The zero-order chi connectivity index (χ0) is 13.2. The lowest BCUT2D eigenvalue weighted by atomic mass is 9.89. The van der Waals surface area contributed by atoms with Crippen LogP contribution in [0.1, 0.15) is 49.4 Å². The molecule has 1 aliphatic carbocycles. The Bertz CT molecular complexity index is 571. The first kappa shape index (κ1) is 12.2. The van der Waals surface area contributed by atoms with Gasteiger partial charge in [0.2, 0.25) is 0 Å². The predicted molar refractivity (Wildman–Crippen MR) is 72.0 cm³/mol. The van der Waals surface area contributed by atoms with Gasteiger partial charge in [-0.2, -0.15) is 4.98 Å². The zero-order valence-corrected chi connectivity index (χ0v) is 11.1. The van der Waals surface area contributed by atoms with E-state index in [9.17, 15) is 5.11 Å². The van der Waals surface area contributed by atoms with E-state index in [1.165, 1.54) is 19.3 Å². The van der Waals surface area contributed by atoms with E-state index in [4.69, 9.17) is 4.52 Å². The van der Waals surface area contributed by atoms with Gasteiger partial charge in [-0.3, -0.25) is 0 Å². The molecule has 1 aromatic carbocycles. The van der Waals surface area contributed by atoms with Gasteiger partial charge < -0.3 is 9.63 Å². The first-order chi connectivity index (χ1) is 9.24. The number of hydrogen-bond donors (Lipinski definition) is 1. The molecule has 1 N–H and O–H groups in total. The third-order valence-corrected chi connectivity index (χ3v) is 3.86. The zero-order valence-electron chi connectivity index (χ0n) is 11.1. The second-order valence-electron chi connectivity index (χ2n) is 5.29. The maximum absolute atomic E-state index is 9.53. The molecule has 0 bridgehead atoms. The van der Waals surface area contributed by atoms with Crippen molar-refractivity contribution in [3.8, 4) is 17.2 Å². The minimum absolute atomic E-state index is 0.288. The molecular weight excluding hydrogens is 240 g/mol. The summed E-state index contributed by atoms with van der Waals surface area (Å²) in [6.45, 7) is 1.86. The normalized spacial score (nSPS) is 16.7. The topological polar surface area (TPSA) is 59.2 Å². The van der Waals surface area contributed by atoms with Crippen LogP contribution in [-0.4, -0.2) is 15.2 Å². The van der Waals surface area contributed by atoms with Crippen LogP contribution in [0.5, 0.6) is 5.75 Å². The molecule has 100 valence electrons. The van der Waals surface area contributed by atoms with Crippen molar-refractivity contribution in [2.45, 2.75) is 44.9 Å². The van der Waals surface area contributed by atoms with Crippen LogP contribution >= 0.6 is 0 Å². The van der Waals surface area contributed by atoms with Gasteiger partial charge in [-0.05, 0) is 43.5 Å². The average molecular weight is 258 g/mol. The lowest BCUT2D eigenvalue weighted by Crippen LogP contribution is -2.06. The van der Waals surface area contributed by atoms with Gasteiger partial charge in [-0.25, -0.2) is 0 Å². The van der Waals surface area contributed by atoms with Crippen LogP contribution in [0.4, 0.5) is 0 Å². The van der Waals surface area contributed by atoms with Gasteiger partial charge in [0, 0.05) is 11.5 Å². The maximum atomic E-state index is 9.53. The van der Waals surface area contributed by atoms with Crippen molar-refractivity contribution < 1.29 is 9.63 Å². The van der Waals surface area contributed by atoms with Crippen molar-refractivity contribution in [1.82, 2.24) is 10.1 Å². The van der Waals surface area contributed by atoms with Crippen LogP contribution in [0, 0.1) is 6.92 Å². The lowest BCUT2D eigenvalue weighted by molar-refractivity contribution is 0.385. The largest absolute Gasteiger partial charge is 0.508 e. The molecule has 0 atom stereocenters. The summed E-state index contributed by atoms with van der Waals surface area (Å²) in [7, 11) is 0. The highest BCUT2D eigenvalue weighted by atomic mass is 16.5. The molecular formula is C15H18N2O2. The van der Waals surface area contributed by atoms with E-state index < -0.39 is 0 Å². The summed E-state index contributed by atoms with van der Waals surface area (Å²) < 4.78 is 5.36. The van der Waals surface area contributed by atoms with E-state index in [1.54, 1.807) is 12.1 Å². The minimum Gasteiger partial charge on any atom is -0.508 e. The van der Waals surface area contributed by atoms with Crippen molar-refractivity contribution in [3.05, 3.63) is 29.6 Å². The smallest absolute Gasteiger partial charge is 0.257 e. The first-order valence-electron chi connectivity index (χ1n) is 6.87. The molecule has 1 fully saturated rings. The van der Waals surface area contributed by atoms with E-state index >= 15 is 0 Å². The Kier molecular flexibility index (Phi) is 3.23. The quantitative estimate of drug-likeness (QED) is 0.890. The summed E-state index contributed by atoms with van der Waals surface area (Å²) in [5.74, 6) is 2.12. The molecule has 0 saturated heterocycles. The van der Waals surface area contributed by atoms with Gasteiger partial charge in [-0.1, -0.05) is 24.4 Å². The Labute approximate surface area is 112 Å². The Hall–Kier alpha value is -1.84. The molecule has 0 radical (unpaired) electrons. The van der Waals surface area contributed by atoms with E-state index in [1.807, 2.05) is 13.0 Å². The highest BCUT2D eigenvalue weighted by molar-refractivity contribution is 5.56. The number of nitrogens with zero attached hydrogens (tertiary/aromatic N) is 2. The Morgan fingerprint density at radius 1 is 1.21 bits per heavy atom. The minimum atomic E-state index is 0.288. The summed E-state index contributed by atoms with van der Waals surface area (Å²) >= 11 is 0. The molecule has 0 spiro atoms. The van der Waals surface area contributed by atoms with Crippen molar-refractivity contribution in [3.63, 3.8) is 0 Å². The Morgan fingerprint density at radius 2 is 2.00 bits per heavy atom. The van der Waals surface area contributed by atoms with Crippen molar-refractivity contribution in [1.29, 1.82) is 0 Å². The van der Waals surface area contributed by atoms with Crippen LogP contribution in [-0.2, 0) is 0 Å². The standard InChI is InChI=1S/C15H18N2O2/c1-10-9-12(7-8-13(10)18)15-16-14(17-19-15)11-5-3-2-4-6-11/h7-9,11,18H,2-6H2,1H3. The van der Waals surface area contributed by atoms with Gasteiger partial charge >= 0.3 is 0 Å². The number of phenolic OH excluding ortho intramolecular Hbond substituents is 1. The molecule has 2 aromatic rings. The molecule has 1 aromatic heterocycles. The van der Waals surface area contributed by atoms with Gasteiger partial charge in [0.1, 0.15) is 5.75 Å². The molecule has 3 rings (SSSR count). The number of aryl methyl sites for hydroxylation is 1. The van der Waals surface area contributed by atoms with Gasteiger partial charge in [0.15, 0.2) is 5.82 Å². The van der Waals surface area contributed by atoms with Crippen LogP contribution in [0.2, 0.25) is 0 Å². The maximum Gasteiger partial charge on any atom is 0.257 e. The van der Waals surface area contributed by atoms with E-state index in [0.717, 1.165) is 29.8 Å². The second kappa shape index (κ2) is 5.03. The van der Waals surface area contributed by atoms with E-state index in [0.29, 0.717) is 11.8 Å². The fraction of sp³-hybridized carbons (Fsp3) is 0.467. The van der Waals surface area contributed by atoms with E-state index in [-0.39, 0.29) is 5.75 Å². The number of benzene rings is 1. The molecule has 0 amide bonds. The van der Waals surface area contributed by atoms with Crippen LogP contribution < -0.4 is 0 Å². The highest BCUT2D eigenvalue weighted by Crippen LogP contribution is 2.32. The number of phenols is 1. The summed E-state index contributed by atoms with van der Waals surface area (Å²) in [6, 6.07) is 5.34. The monoisotopic (exact) mass is 258 g/mol. The molecule has 4 heteroatoms. The average Bonchev–Trinajstić information content (AvgIpc) is 2.93. The Morgan fingerprint density at radius 3 is 2.74 bits per heavy atom. The fourth-order valence-electron chi connectivity index (χ4n) is 2.67. The summed E-state index contributed by atoms with van der Waals surface area (Å²) in [4.78, 5) is 4.52. The Balaban J connectivity index is 1.85. The number of hydrogen-bond acceptors (Lipinski definition) is 4. The first-order valence-corrected chi connectivity index (χ1v) is 6.87. The summed E-state index contributed by atoms with van der Waals surface area (Å²) in [6.07, 6.45) is 6.15. The lowest BCUT2D eigenvalue weighted by Gasteiger charge is -2.17. The third kappa shape index (κ3) is 2.48.